The van der Waals surface area contributed by atoms with Crippen molar-refractivity contribution in [2.24, 2.45) is 0 Å². The maximum atomic E-state index is 13.6. The highest BCUT2D eigenvalue weighted by atomic mass is 35.5. The minimum atomic E-state index is -1.45. The number of hydrogen-bond acceptors (Lipinski definition) is 4. The van der Waals surface area contributed by atoms with Crippen molar-refractivity contribution >= 4 is 46.5 Å². The number of amides is 2. The number of carbonyl (C=O) groups excluding carboxylic acids is 2. The van der Waals surface area contributed by atoms with Gasteiger partial charge in [-0.1, -0.05) is 43.1 Å². The highest BCUT2D eigenvalue weighted by Gasteiger charge is 2.63. The average molecular weight is 428 g/mol. The highest BCUT2D eigenvalue weighted by molar-refractivity contribution is 6.32. The lowest BCUT2D eigenvalue weighted by molar-refractivity contribution is -0.119. The first kappa shape index (κ1) is 18.1. The van der Waals surface area contributed by atoms with Gasteiger partial charge in [0, 0.05) is 38.8 Å². The second kappa shape index (κ2) is 6.05. The third kappa shape index (κ3) is 2.25. The zero-order valence-corrected chi connectivity index (χ0v) is 17.0. The van der Waals surface area contributed by atoms with E-state index in [4.69, 9.17) is 23.2 Å². The number of pyridine rings is 1. The lowest BCUT2D eigenvalue weighted by Crippen LogP contribution is -2.51. The quantitative estimate of drug-likeness (QED) is 0.643. The van der Waals surface area contributed by atoms with Crippen LogP contribution in [0.1, 0.15) is 47.1 Å². The first-order valence-electron chi connectivity index (χ1n) is 9.02. The Hall–Kier alpha value is -2.90. The second-order valence-corrected chi connectivity index (χ2v) is 8.22. The molecule has 1 unspecified atom stereocenters. The van der Waals surface area contributed by atoms with E-state index < -0.39 is 11.4 Å². The van der Waals surface area contributed by atoms with Crippen molar-refractivity contribution in [3.8, 4) is 0 Å². The molecule has 2 N–H and O–H groups in total. The molecule has 0 aliphatic carbocycles. The van der Waals surface area contributed by atoms with Crippen LogP contribution < -0.4 is 10.2 Å². The molecule has 1 atom stereocenters. The van der Waals surface area contributed by atoms with E-state index in [-0.39, 0.29) is 23.3 Å². The van der Waals surface area contributed by atoms with Crippen molar-refractivity contribution in [3.05, 3.63) is 69.1 Å². The van der Waals surface area contributed by atoms with E-state index in [9.17, 15) is 9.59 Å². The Balaban J connectivity index is 1.89. The van der Waals surface area contributed by atoms with Crippen LogP contribution in [0, 0.1) is 0 Å². The summed E-state index contributed by atoms with van der Waals surface area (Å²) < 4.78 is 0. The van der Waals surface area contributed by atoms with Gasteiger partial charge in [-0.2, -0.15) is 5.10 Å². The number of aromatic nitrogens is 3. The summed E-state index contributed by atoms with van der Waals surface area (Å²) >= 11 is 12.3. The van der Waals surface area contributed by atoms with Crippen molar-refractivity contribution in [3.63, 3.8) is 0 Å². The van der Waals surface area contributed by atoms with Crippen LogP contribution in [0.4, 0.5) is 11.5 Å². The van der Waals surface area contributed by atoms with E-state index in [2.05, 4.69) is 20.5 Å². The SMILES string of the molecule is CC(C)c1[nH]nc2c1C1(C(=O)Nc3cc(Cl)ccc31)N(c1cc(Cl)ccn1)C2=O. The summed E-state index contributed by atoms with van der Waals surface area (Å²) in [6.07, 6.45) is 1.50. The van der Waals surface area contributed by atoms with E-state index in [1.807, 2.05) is 13.8 Å². The maximum Gasteiger partial charge on any atom is 0.281 e. The number of carbonyl (C=O) groups is 2. The first-order chi connectivity index (χ1) is 13.9. The summed E-state index contributed by atoms with van der Waals surface area (Å²) in [4.78, 5) is 32.8. The fraction of sp³-hybridized carbons (Fsp3) is 0.200. The molecule has 5 rings (SSSR count). The number of nitrogens with one attached hydrogen (secondary N) is 2. The summed E-state index contributed by atoms with van der Waals surface area (Å²) in [7, 11) is 0. The molecule has 1 aromatic carbocycles. The van der Waals surface area contributed by atoms with Gasteiger partial charge in [-0.15, -0.1) is 0 Å². The number of benzene rings is 1. The molecular formula is C20H15Cl2N5O2. The molecule has 0 fully saturated rings. The number of anilines is 2. The molecule has 146 valence electrons. The summed E-state index contributed by atoms with van der Waals surface area (Å²) in [5.41, 5.74) is 1.17. The molecule has 3 aromatic rings. The molecule has 0 saturated heterocycles. The van der Waals surface area contributed by atoms with Crippen molar-refractivity contribution in [1.29, 1.82) is 0 Å². The average Bonchev–Trinajstić information content (AvgIpc) is 3.28. The molecule has 1 spiro atoms. The van der Waals surface area contributed by atoms with Gasteiger partial charge in [-0.25, -0.2) is 4.98 Å². The third-order valence-corrected chi connectivity index (χ3v) is 5.83. The molecule has 0 saturated carbocycles. The second-order valence-electron chi connectivity index (χ2n) is 7.34. The predicted molar refractivity (Wildman–Crippen MR) is 110 cm³/mol. The van der Waals surface area contributed by atoms with Crippen LogP contribution in [0.25, 0.3) is 0 Å². The van der Waals surface area contributed by atoms with E-state index in [0.29, 0.717) is 26.9 Å². The van der Waals surface area contributed by atoms with Crippen molar-refractivity contribution in [2.75, 3.05) is 10.2 Å². The van der Waals surface area contributed by atoms with Gasteiger partial charge in [0.05, 0.1) is 0 Å². The van der Waals surface area contributed by atoms with Gasteiger partial charge < -0.3 is 5.32 Å². The van der Waals surface area contributed by atoms with Gasteiger partial charge >= 0.3 is 0 Å². The number of hydrogen-bond donors (Lipinski definition) is 2. The minimum absolute atomic E-state index is 0.00680. The molecule has 2 aliphatic heterocycles. The maximum absolute atomic E-state index is 13.6. The lowest BCUT2D eigenvalue weighted by Gasteiger charge is -2.34. The summed E-state index contributed by atoms with van der Waals surface area (Å²) in [6.45, 7) is 3.95. The molecule has 0 bridgehead atoms. The van der Waals surface area contributed by atoms with Crippen molar-refractivity contribution < 1.29 is 9.59 Å². The summed E-state index contributed by atoms with van der Waals surface area (Å²) in [6, 6.07) is 8.30. The number of fused-ring (bicyclic) bond motifs is 4. The lowest BCUT2D eigenvalue weighted by atomic mass is 9.82. The van der Waals surface area contributed by atoms with Gasteiger partial charge in [-0.05, 0) is 30.2 Å². The number of rotatable bonds is 2. The molecular weight excluding hydrogens is 413 g/mol. The largest absolute Gasteiger partial charge is 0.323 e. The number of halogens is 2. The zero-order valence-electron chi connectivity index (χ0n) is 15.5. The van der Waals surface area contributed by atoms with E-state index >= 15 is 0 Å². The summed E-state index contributed by atoms with van der Waals surface area (Å²) in [5, 5.41) is 11.0. The van der Waals surface area contributed by atoms with Gasteiger partial charge in [0.25, 0.3) is 11.8 Å². The topological polar surface area (TPSA) is 91.0 Å². The van der Waals surface area contributed by atoms with Crippen LogP contribution in [0.5, 0.6) is 0 Å². The van der Waals surface area contributed by atoms with Crippen LogP contribution in [0.2, 0.25) is 10.0 Å². The predicted octanol–water partition coefficient (Wildman–Crippen LogP) is 4.09. The Morgan fingerprint density at radius 2 is 1.86 bits per heavy atom. The molecule has 0 radical (unpaired) electrons. The van der Waals surface area contributed by atoms with E-state index in [1.165, 1.54) is 11.1 Å². The Kier molecular flexibility index (Phi) is 3.78. The molecule has 2 aliphatic rings. The number of aromatic amines is 1. The molecule has 7 nitrogen and oxygen atoms in total. The van der Waals surface area contributed by atoms with Crippen LogP contribution >= 0.6 is 23.2 Å². The Labute approximate surface area is 176 Å². The number of H-pyrrole nitrogens is 1. The van der Waals surface area contributed by atoms with E-state index in [0.717, 1.165) is 5.69 Å². The fourth-order valence-corrected chi connectivity index (χ4v) is 4.52. The van der Waals surface area contributed by atoms with Gasteiger partial charge in [0.1, 0.15) is 5.82 Å². The fourth-order valence-electron chi connectivity index (χ4n) is 4.20. The van der Waals surface area contributed by atoms with Crippen LogP contribution in [0.15, 0.2) is 36.5 Å². The molecule has 2 amide bonds. The van der Waals surface area contributed by atoms with Gasteiger partial charge in [-0.3, -0.25) is 19.6 Å². The van der Waals surface area contributed by atoms with Crippen LogP contribution in [-0.2, 0) is 10.3 Å². The van der Waals surface area contributed by atoms with E-state index in [1.54, 1.807) is 30.3 Å². The molecule has 9 heteroatoms. The Morgan fingerprint density at radius 1 is 1.10 bits per heavy atom. The Bertz CT molecular complexity index is 1210. The van der Waals surface area contributed by atoms with Crippen molar-refractivity contribution in [1.82, 2.24) is 15.2 Å². The highest BCUT2D eigenvalue weighted by Crippen LogP contribution is 2.54. The van der Waals surface area contributed by atoms with Crippen molar-refractivity contribution in [2.45, 2.75) is 25.3 Å². The van der Waals surface area contributed by atoms with Gasteiger partial charge in [0.15, 0.2) is 11.2 Å². The monoisotopic (exact) mass is 427 g/mol. The molecule has 4 heterocycles. The van der Waals surface area contributed by atoms with Crippen LogP contribution in [-0.4, -0.2) is 27.0 Å². The smallest absolute Gasteiger partial charge is 0.281 e. The third-order valence-electron chi connectivity index (χ3n) is 5.36. The minimum Gasteiger partial charge on any atom is -0.323 e. The molecule has 29 heavy (non-hydrogen) atoms. The standard InChI is InChI=1S/C20H15Cl2N5O2/c1-9(2)16-15-17(26-25-16)18(28)27(14-8-11(22)5-6-23-14)20(15)12-4-3-10(21)7-13(12)24-19(20)29/h3-9H,1-2H3,(H,24,29)(H,25,26). The number of nitrogens with zero attached hydrogens (tertiary/aromatic N) is 3. The summed E-state index contributed by atoms with van der Waals surface area (Å²) in [5.74, 6) is -0.511. The van der Waals surface area contributed by atoms with Crippen LogP contribution in [0.3, 0.4) is 0 Å². The first-order valence-corrected chi connectivity index (χ1v) is 9.77. The molecule has 2 aromatic heterocycles. The normalized spacial score (nSPS) is 19.8. The Morgan fingerprint density at radius 3 is 2.59 bits per heavy atom. The zero-order chi connectivity index (χ0) is 20.5. The van der Waals surface area contributed by atoms with Gasteiger partial charge in [0.2, 0.25) is 0 Å².